The second-order valence-corrected chi connectivity index (χ2v) is 2.69. The number of carbonyl (C=O) groups excluding carboxylic acids is 1. The van der Waals surface area contributed by atoms with E-state index in [-0.39, 0.29) is 17.0 Å². The molecule has 0 saturated heterocycles. The molecule has 0 aliphatic heterocycles. The summed E-state index contributed by atoms with van der Waals surface area (Å²) in [6.07, 6.45) is 0.946. The number of hydrogen-bond donors (Lipinski definition) is 2. The number of nitrogen functional groups attached to an aromatic ring is 1. The van der Waals surface area contributed by atoms with Crippen LogP contribution >= 0.6 is 0 Å². The SMILES string of the molecule is C=CC(=O)Oc1ccc(N)cc1C(=O)O. The van der Waals surface area contributed by atoms with Gasteiger partial charge in [-0.25, -0.2) is 9.59 Å². The number of benzene rings is 1. The van der Waals surface area contributed by atoms with E-state index in [1.807, 2.05) is 0 Å². The lowest BCUT2D eigenvalue weighted by Crippen LogP contribution is -2.08. The molecule has 0 heterocycles. The van der Waals surface area contributed by atoms with Crippen molar-refractivity contribution in [3.05, 3.63) is 36.4 Å². The lowest BCUT2D eigenvalue weighted by Gasteiger charge is -2.05. The number of hydrogen-bond acceptors (Lipinski definition) is 4. The molecule has 5 nitrogen and oxygen atoms in total. The third-order valence-electron chi connectivity index (χ3n) is 1.61. The van der Waals surface area contributed by atoms with Crippen LogP contribution in [-0.4, -0.2) is 17.0 Å². The molecule has 0 spiro atoms. The van der Waals surface area contributed by atoms with Gasteiger partial charge in [0.15, 0.2) is 0 Å². The molecule has 5 heteroatoms. The van der Waals surface area contributed by atoms with Gasteiger partial charge in [0, 0.05) is 11.8 Å². The molecular formula is C10H9NO4. The maximum Gasteiger partial charge on any atom is 0.339 e. The zero-order chi connectivity index (χ0) is 11.4. The largest absolute Gasteiger partial charge is 0.478 e. The van der Waals surface area contributed by atoms with Gasteiger partial charge in [-0.1, -0.05) is 6.58 Å². The molecule has 1 aromatic rings. The molecule has 3 N–H and O–H groups in total. The van der Waals surface area contributed by atoms with Gasteiger partial charge < -0.3 is 15.6 Å². The van der Waals surface area contributed by atoms with Gasteiger partial charge in [0.1, 0.15) is 11.3 Å². The summed E-state index contributed by atoms with van der Waals surface area (Å²) in [6, 6.07) is 3.98. The fraction of sp³-hybridized carbons (Fsp3) is 0. The van der Waals surface area contributed by atoms with Crippen LogP contribution in [-0.2, 0) is 4.79 Å². The molecule has 1 aromatic carbocycles. The summed E-state index contributed by atoms with van der Waals surface area (Å²) >= 11 is 0. The number of carboxylic acids is 1. The summed E-state index contributed by atoms with van der Waals surface area (Å²) in [5.74, 6) is -1.99. The van der Waals surface area contributed by atoms with Crippen molar-refractivity contribution in [3.63, 3.8) is 0 Å². The van der Waals surface area contributed by atoms with Crippen molar-refractivity contribution >= 4 is 17.6 Å². The summed E-state index contributed by atoms with van der Waals surface area (Å²) in [7, 11) is 0. The molecule has 1 rings (SSSR count). The van der Waals surface area contributed by atoms with Gasteiger partial charge in [-0.2, -0.15) is 0 Å². The van der Waals surface area contributed by atoms with Crippen molar-refractivity contribution < 1.29 is 19.4 Å². The highest BCUT2D eigenvalue weighted by Crippen LogP contribution is 2.21. The normalized spacial score (nSPS) is 9.33. The van der Waals surface area contributed by atoms with Crippen LogP contribution in [0.4, 0.5) is 5.69 Å². The van der Waals surface area contributed by atoms with Crippen molar-refractivity contribution in [2.45, 2.75) is 0 Å². The summed E-state index contributed by atoms with van der Waals surface area (Å²) in [4.78, 5) is 21.6. The lowest BCUT2D eigenvalue weighted by atomic mass is 10.2. The molecule has 0 aliphatic carbocycles. The number of nitrogens with two attached hydrogens (primary N) is 1. The van der Waals surface area contributed by atoms with Crippen LogP contribution in [0.5, 0.6) is 5.75 Å². The Hall–Kier alpha value is -2.30. The van der Waals surface area contributed by atoms with Gasteiger partial charge >= 0.3 is 11.9 Å². The Labute approximate surface area is 85.8 Å². The molecule has 0 radical (unpaired) electrons. The smallest absolute Gasteiger partial charge is 0.339 e. The van der Waals surface area contributed by atoms with Crippen molar-refractivity contribution in [2.24, 2.45) is 0 Å². The van der Waals surface area contributed by atoms with Gasteiger partial charge in [-0.05, 0) is 18.2 Å². The highest BCUT2D eigenvalue weighted by molar-refractivity contribution is 5.94. The van der Waals surface area contributed by atoms with Gasteiger partial charge in [0.2, 0.25) is 0 Å². The van der Waals surface area contributed by atoms with E-state index < -0.39 is 11.9 Å². The van der Waals surface area contributed by atoms with Crippen LogP contribution in [0.15, 0.2) is 30.9 Å². The molecule has 0 bridgehead atoms. The predicted molar refractivity (Wildman–Crippen MR) is 53.6 cm³/mol. The first-order valence-corrected chi connectivity index (χ1v) is 4.01. The molecule has 15 heavy (non-hydrogen) atoms. The van der Waals surface area contributed by atoms with E-state index in [0.29, 0.717) is 0 Å². The maximum absolute atomic E-state index is 10.9. The van der Waals surface area contributed by atoms with Crippen molar-refractivity contribution in [1.29, 1.82) is 0 Å². The summed E-state index contributed by atoms with van der Waals surface area (Å²) in [5, 5.41) is 8.80. The highest BCUT2D eigenvalue weighted by atomic mass is 16.5. The Bertz CT molecular complexity index is 425. The molecule has 0 atom stereocenters. The third kappa shape index (κ3) is 2.57. The molecular weight excluding hydrogens is 198 g/mol. The van der Waals surface area contributed by atoms with E-state index in [2.05, 4.69) is 6.58 Å². The number of carboxylic acid groups (broad SMARTS) is 1. The fourth-order valence-electron chi connectivity index (χ4n) is 0.954. The molecule has 0 aromatic heterocycles. The fourth-order valence-corrected chi connectivity index (χ4v) is 0.954. The zero-order valence-electron chi connectivity index (χ0n) is 7.77. The van der Waals surface area contributed by atoms with Gasteiger partial charge in [0.25, 0.3) is 0 Å². The van der Waals surface area contributed by atoms with E-state index in [4.69, 9.17) is 15.6 Å². The van der Waals surface area contributed by atoms with Gasteiger partial charge in [-0.15, -0.1) is 0 Å². The number of aromatic carboxylic acids is 1. The Balaban J connectivity index is 3.11. The Morgan fingerprint density at radius 1 is 1.47 bits per heavy atom. The second-order valence-electron chi connectivity index (χ2n) is 2.69. The number of anilines is 1. The highest BCUT2D eigenvalue weighted by Gasteiger charge is 2.13. The quantitative estimate of drug-likeness (QED) is 0.335. The van der Waals surface area contributed by atoms with Crippen LogP contribution in [0.3, 0.4) is 0 Å². The molecule has 0 saturated carbocycles. The first-order valence-electron chi connectivity index (χ1n) is 4.01. The van der Waals surface area contributed by atoms with Crippen molar-refractivity contribution in [1.82, 2.24) is 0 Å². The number of rotatable bonds is 3. The van der Waals surface area contributed by atoms with E-state index >= 15 is 0 Å². The average molecular weight is 207 g/mol. The monoisotopic (exact) mass is 207 g/mol. The Morgan fingerprint density at radius 2 is 2.13 bits per heavy atom. The first-order chi connectivity index (χ1) is 7.04. The predicted octanol–water partition coefficient (Wildman–Crippen LogP) is 1.06. The number of esters is 1. The average Bonchev–Trinajstić information content (AvgIpc) is 2.20. The minimum Gasteiger partial charge on any atom is -0.478 e. The Morgan fingerprint density at radius 3 is 2.67 bits per heavy atom. The van der Waals surface area contributed by atoms with Crippen LogP contribution in [0.25, 0.3) is 0 Å². The second kappa shape index (κ2) is 4.28. The lowest BCUT2D eigenvalue weighted by molar-refractivity contribution is -0.128. The molecule has 0 aliphatic rings. The number of ether oxygens (including phenoxy) is 1. The molecule has 78 valence electrons. The Kier molecular flexibility index (Phi) is 3.07. The summed E-state index contributed by atoms with van der Waals surface area (Å²) in [5.41, 5.74) is 5.53. The van der Waals surface area contributed by atoms with Gasteiger partial charge in [-0.3, -0.25) is 0 Å². The van der Waals surface area contributed by atoms with E-state index in [9.17, 15) is 9.59 Å². The minimum absolute atomic E-state index is 0.0541. The molecule has 0 unspecified atom stereocenters. The number of carbonyl (C=O) groups is 2. The molecule has 0 fully saturated rings. The van der Waals surface area contributed by atoms with Crippen LogP contribution < -0.4 is 10.5 Å². The third-order valence-corrected chi connectivity index (χ3v) is 1.61. The van der Waals surface area contributed by atoms with Crippen LogP contribution in [0.2, 0.25) is 0 Å². The van der Waals surface area contributed by atoms with Gasteiger partial charge in [0.05, 0.1) is 0 Å². The van der Waals surface area contributed by atoms with E-state index in [1.54, 1.807) is 0 Å². The van der Waals surface area contributed by atoms with Crippen molar-refractivity contribution in [3.8, 4) is 5.75 Å². The standard InChI is InChI=1S/C10H9NO4/c1-2-9(12)15-8-4-3-6(11)5-7(8)10(13)14/h2-5H,1,11H2,(H,13,14). The van der Waals surface area contributed by atoms with Crippen molar-refractivity contribution in [2.75, 3.05) is 5.73 Å². The minimum atomic E-state index is -1.21. The maximum atomic E-state index is 10.9. The van der Waals surface area contributed by atoms with Crippen LogP contribution in [0.1, 0.15) is 10.4 Å². The zero-order valence-corrected chi connectivity index (χ0v) is 7.77. The van der Waals surface area contributed by atoms with E-state index in [1.165, 1.54) is 18.2 Å². The summed E-state index contributed by atoms with van der Waals surface area (Å²) in [6.45, 7) is 3.20. The van der Waals surface area contributed by atoms with E-state index in [0.717, 1.165) is 6.08 Å². The first kappa shape index (κ1) is 10.8. The summed E-state index contributed by atoms with van der Waals surface area (Å²) < 4.78 is 4.72. The molecule has 0 amide bonds. The van der Waals surface area contributed by atoms with Crippen LogP contribution in [0, 0.1) is 0 Å². The topological polar surface area (TPSA) is 89.6 Å².